The van der Waals surface area contributed by atoms with Crippen molar-refractivity contribution in [1.29, 1.82) is 0 Å². The van der Waals surface area contributed by atoms with Crippen molar-refractivity contribution in [1.82, 2.24) is 34.3 Å². The van der Waals surface area contributed by atoms with E-state index < -0.39 is 11.2 Å². The first-order valence-electron chi connectivity index (χ1n) is 20.6. The number of piperidine rings is 2. The fourth-order valence-corrected chi connectivity index (χ4v) is 9.50. The molecule has 3 aliphatic rings. The Morgan fingerprint density at radius 2 is 1.58 bits per heavy atom. The highest BCUT2D eigenvalue weighted by Gasteiger charge is 2.38. The van der Waals surface area contributed by atoms with Crippen molar-refractivity contribution >= 4 is 62.9 Å². The number of thiazole rings is 1. The van der Waals surface area contributed by atoms with Crippen LogP contribution in [-0.2, 0) is 4.79 Å². The molecule has 0 saturated carbocycles. The molecule has 3 aromatic heterocycles. The Balaban J connectivity index is 0.744. The van der Waals surface area contributed by atoms with Gasteiger partial charge >= 0.3 is 5.69 Å². The molecule has 0 radical (unpaired) electrons. The van der Waals surface area contributed by atoms with E-state index in [1.807, 2.05) is 56.3 Å². The van der Waals surface area contributed by atoms with Gasteiger partial charge in [0.1, 0.15) is 22.3 Å². The van der Waals surface area contributed by atoms with Gasteiger partial charge in [0, 0.05) is 82.8 Å². The number of hydrogen-bond donors (Lipinski definition) is 3. The number of nitrogens with zero attached hydrogens (tertiary/aromatic N) is 8. The molecule has 60 heavy (non-hydrogen) atoms. The summed E-state index contributed by atoms with van der Waals surface area (Å²) in [5.41, 5.74) is 2.74. The van der Waals surface area contributed by atoms with Gasteiger partial charge in [-0.15, -0.1) is 0 Å². The number of likely N-dealkylation sites (tertiary alicyclic amines) is 1. The van der Waals surface area contributed by atoms with Gasteiger partial charge in [0.2, 0.25) is 5.91 Å². The smallest absolute Gasteiger partial charge is 0.332 e. The second kappa shape index (κ2) is 18.0. The third-order valence-electron chi connectivity index (χ3n) is 12.1. The van der Waals surface area contributed by atoms with Crippen LogP contribution in [-0.4, -0.2) is 105 Å². The number of anilines is 5. The van der Waals surface area contributed by atoms with Gasteiger partial charge in [0.25, 0.3) is 11.5 Å². The number of nitrogens with one attached hydrogen (secondary N) is 3. The minimum atomic E-state index is -0.450. The second-order valence-electron chi connectivity index (χ2n) is 16.0. The molecule has 2 amide bonds. The second-order valence-corrected chi connectivity index (χ2v) is 17.4. The van der Waals surface area contributed by atoms with Gasteiger partial charge in [-0.3, -0.25) is 28.8 Å². The molecule has 5 aromatic rings. The predicted octanol–water partition coefficient (Wildman–Crippen LogP) is 5.85. The van der Waals surface area contributed by atoms with Gasteiger partial charge in [-0.05, 0) is 93.8 Å². The molecule has 314 valence electrons. The summed E-state index contributed by atoms with van der Waals surface area (Å²) in [6.45, 7) is 11.7. The quantitative estimate of drug-likeness (QED) is 0.146. The monoisotopic (exact) mass is 851 g/mol. The highest BCUT2D eigenvalue weighted by molar-refractivity contribution is 7.17. The molecule has 0 unspecified atom stereocenters. The number of para-hydroxylation sites is 1. The zero-order valence-corrected chi connectivity index (χ0v) is 35.5. The molecule has 6 heterocycles. The molecule has 1 spiro atoms. The van der Waals surface area contributed by atoms with E-state index in [1.165, 1.54) is 28.2 Å². The number of hydrogen-bond acceptors (Lipinski definition) is 12. The van der Waals surface area contributed by atoms with Crippen molar-refractivity contribution < 1.29 is 9.59 Å². The van der Waals surface area contributed by atoms with Crippen molar-refractivity contribution in [2.75, 3.05) is 79.3 Å². The van der Waals surface area contributed by atoms with Crippen LogP contribution in [0.25, 0.3) is 5.69 Å². The Morgan fingerprint density at radius 3 is 2.30 bits per heavy atom. The number of benzene rings is 2. The predicted molar refractivity (Wildman–Crippen MR) is 237 cm³/mol. The highest BCUT2D eigenvalue weighted by atomic mass is 35.5. The Morgan fingerprint density at radius 1 is 0.867 bits per heavy atom. The fourth-order valence-electron chi connectivity index (χ4n) is 8.52. The molecule has 15 nitrogen and oxygen atoms in total. The van der Waals surface area contributed by atoms with E-state index >= 15 is 0 Å². The van der Waals surface area contributed by atoms with Crippen LogP contribution in [0.1, 0.15) is 59.6 Å². The lowest BCUT2D eigenvalue weighted by Gasteiger charge is -2.47. The SMILES string of the molecule is Cc1nc(Nc2ncc(C(=O)Nc3c(C)cccc3Cl)s2)cc(N2CCN(CCCC(=O)N3CCC4(CC3)CCN(c3ccc(-n5ccc(=O)[nH]c5=O)cc3)CC4)CC2)n1. The number of carbonyl (C=O) groups is 2. The van der Waals surface area contributed by atoms with E-state index in [4.69, 9.17) is 16.6 Å². The molecular formula is C43H50ClN11O4S. The highest BCUT2D eigenvalue weighted by Crippen LogP contribution is 2.42. The average Bonchev–Trinajstić information content (AvgIpc) is 3.71. The van der Waals surface area contributed by atoms with Gasteiger partial charge < -0.3 is 25.3 Å². The Kier molecular flexibility index (Phi) is 12.3. The van der Waals surface area contributed by atoms with E-state index in [0.717, 1.165) is 108 Å². The van der Waals surface area contributed by atoms with Crippen LogP contribution in [0.5, 0.6) is 0 Å². The molecule has 3 saturated heterocycles. The van der Waals surface area contributed by atoms with Crippen LogP contribution >= 0.6 is 22.9 Å². The molecule has 0 bridgehead atoms. The van der Waals surface area contributed by atoms with Crippen LogP contribution in [0, 0.1) is 19.3 Å². The Bertz CT molecular complexity index is 2420. The molecule has 17 heteroatoms. The maximum atomic E-state index is 13.3. The first-order chi connectivity index (χ1) is 29.0. The summed E-state index contributed by atoms with van der Waals surface area (Å²) in [7, 11) is 0. The summed E-state index contributed by atoms with van der Waals surface area (Å²) in [5.74, 6) is 2.08. The number of aromatic amines is 1. The first-order valence-corrected chi connectivity index (χ1v) is 21.8. The van der Waals surface area contributed by atoms with Crippen molar-refractivity contribution in [3.63, 3.8) is 0 Å². The summed E-state index contributed by atoms with van der Waals surface area (Å²) in [4.78, 5) is 75.5. The lowest BCUT2D eigenvalue weighted by atomic mass is 9.71. The lowest BCUT2D eigenvalue weighted by molar-refractivity contribution is -0.134. The van der Waals surface area contributed by atoms with Crippen molar-refractivity contribution in [2.45, 2.75) is 52.4 Å². The maximum absolute atomic E-state index is 13.3. The zero-order chi connectivity index (χ0) is 41.8. The molecule has 8 rings (SSSR count). The maximum Gasteiger partial charge on any atom is 0.332 e. The normalized spacial score (nSPS) is 16.9. The minimum Gasteiger partial charge on any atom is -0.371 e. The molecular weight excluding hydrogens is 802 g/mol. The number of aryl methyl sites for hydroxylation is 2. The van der Waals surface area contributed by atoms with Crippen molar-refractivity contribution in [2.24, 2.45) is 5.41 Å². The topological polar surface area (TPSA) is 165 Å². The zero-order valence-electron chi connectivity index (χ0n) is 34.0. The Hall–Kier alpha value is -5.58. The standard InChI is InChI=1S/C43H50ClN11O4S/c1-29-5-3-6-33(44)39(29)50-40(58)34-28-45-41(60-34)48-35-27-36(47-30(2)46-35)53-25-23-51(24-26-53)17-4-7-38(57)54-21-15-43(16-22-54)13-19-52(20-14-43)31-8-10-32(11-9-31)55-18-12-37(56)49-42(55)59/h3,5-6,8-12,18,27-28H,4,7,13-17,19-26H2,1-2H3,(H,50,58)(H,49,56,59)(H,45,46,47,48). The van der Waals surface area contributed by atoms with E-state index in [0.29, 0.717) is 44.5 Å². The number of H-pyrrole nitrogens is 1. The largest absolute Gasteiger partial charge is 0.371 e. The third kappa shape index (κ3) is 9.56. The van der Waals surface area contributed by atoms with E-state index in [1.54, 1.807) is 12.3 Å². The van der Waals surface area contributed by atoms with Crippen LogP contribution in [0.4, 0.5) is 28.1 Å². The van der Waals surface area contributed by atoms with Gasteiger partial charge in [0.05, 0.1) is 22.6 Å². The summed E-state index contributed by atoms with van der Waals surface area (Å²) >= 11 is 7.54. The van der Waals surface area contributed by atoms with Crippen LogP contribution < -0.4 is 31.7 Å². The van der Waals surface area contributed by atoms with E-state index in [2.05, 4.69) is 45.2 Å². The van der Waals surface area contributed by atoms with E-state index in [-0.39, 0.29) is 17.2 Å². The number of amides is 2. The molecule has 0 aliphatic carbocycles. The van der Waals surface area contributed by atoms with Crippen LogP contribution in [0.2, 0.25) is 5.02 Å². The summed E-state index contributed by atoms with van der Waals surface area (Å²) in [6.07, 6.45) is 8.76. The molecule has 0 atom stereocenters. The summed E-state index contributed by atoms with van der Waals surface area (Å²) in [5, 5.41) is 7.18. The number of carbonyl (C=O) groups excluding carboxylic acids is 2. The number of halogens is 1. The summed E-state index contributed by atoms with van der Waals surface area (Å²) in [6, 6.07) is 16.6. The number of rotatable bonds is 11. The van der Waals surface area contributed by atoms with Gasteiger partial charge in [0.15, 0.2) is 5.13 Å². The van der Waals surface area contributed by atoms with Crippen molar-refractivity contribution in [3.8, 4) is 5.69 Å². The molecule has 3 N–H and O–H groups in total. The number of aromatic nitrogens is 5. The molecule has 3 aliphatic heterocycles. The van der Waals surface area contributed by atoms with Crippen molar-refractivity contribution in [3.05, 3.63) is 109 Å². The first kappa shape index (κ1) is 41.2. The van der Waals surface area contributed by atoms with Crippen LogP contribution in [0.3, 0.4) is 0 Å². The van der Waals surface area contributed by atoms with E-state index in [9.17, 15) is 19.2 Å². The number of piperazine rings is 1. The van der Waals surface area contributed by atoms with Gasteiger partial charge in [-0.25, -0.2) is 19.7 Å². The summed E-state index contributed by atoms with van der Waals surface area (Å²) < 4.78 is 1.43. The van der Waals surface area contributed by atoms with Gasteiger partial charge in [-0.2, -0.15) is 0 Å². The lowest BCUT2D eigenvalue weighted by Crippen LogP contribution is -2.48. The van der Waals surface area contributed by atoms with Crippen LogP contribution in [0.15, 0.2) is 76.6 Å². The molecule has 3 fully saturated rings. The molecule has 2 aromatic carbocycles. The minimum absolute atomic E-state index is 0.266. The third-order valence-corrected chi connectivity index (χ3v) is 13.4. The van der Waals surface area contributed by atoms with Gasteiger partial charge in [-0.1, -0.05) is 35.1 Å². The fraction of sp³-hybridized carbons (Fsp3) is 0.419. The Labute approximate surface area is 357 Å². The average molecular weight is 852 g/mol.